The van der Waals surface area contributed by atoms with E-state index in [4.69, 9.17) is 0 Å². The third-order valence-electron chi connectivity index (χ3n) is 2.09. The molecule has 1 nitrogen and oxygen atoms in total. The highest BCUT2D eigenvalue weighted by molar-refractivity contribution is 4.72. The summed E-state index contributed by atoms with van der Waals surface area (Å²) in [5.74, 6) is -0.764. The molecule has 0 aliphatic carbocycles. The zero-order valence-corrected chi connectivity index (χ0v) is 8.74. The lowest BCUT2D eigenvalue weighted by Gasteiger charge is -2.20. The monoisotopic (exact) mass is 233 g/mol. The predicted molar refractivity (Wildman–Crippen MR) is 48.2 cm³/mol. The fourth-order valence-corrected chi connectivity index (χ4v) is 1.04. The van der Waals surface area contributed by atoms with Gasteiger partial charge in [0.05, 0.1) is 13.2 Å². The molecule has 0 rings (SSSR count). The van der Waals surface area contributed by atoms with Crippen LogP contribution >= 0.6 is 0 Å². The summed E-state index contributed by atoms with van der Waals surface area (Å²) in [5.41, 5.74) is 0. The van der Waals surface area contributed by atoms with Crippen LogP contribution in [0.15, 0.2) is 0 Å². The van der Waals surface area contributed by atoms with Gasteiger partial charge < -0.3 is 5.32 Å². The van der Waals surface area contributed by atoms with Crippen LogP contribution in [0.5, 0.6) is 0 Å². The van der Waals surface area contributed by atoms with E-state index in [1.54, 1.807) is 0 Å². The van der Waals surface area contributed by atoms with Crippen LogP contribution in [0.3, 0.4) is 0 Å². The van der Waals surface area contributed by atoms with Crippen molar-refractivity contribution < 1.29 is 22.0 Å². The molecular weight excluding hydrogens is 217 g/mol. The summed E-state index contributed by atoms with van der Waals surface area (Å²) >= 11 is 0. The van der Waals surface area contributed by atoms with E-state index >= 15 is 0 Å². The predicted octanol–water partition coefficient (Wildman–Crippen LogP) is 2.86. The van der Waals surface area contributed by atoms with Crippen LogP contribution in [0.4, 0.5) is 22.0 Å². The second-order valence-electron chi connectivity index (χ2n) is 3.78. The molecule has 0 aromatic carbocycles. The highest BCUT2D eigenvalue weighted by Gasteiger charge is 2.28. The molecule has 92 valence electrons. The van der Waals surface area contributed by atoms with Crippen LogP contribution in [0.1, 0.15) is 20.3 Å². The molecule has 0 heterocycles. The molecule has 0 aromatic heterocycles. The minimum atomic E-state index is -4.30. The summed E-state index contributed by atoms with van der Waals surface area (Å²) in [5, 5.41) is 2.14. The molecule has 0 saturated carbocycles. The van der Waals surface area contributed by atoms with Gasteiger partial charge in [0.1, 0.15) is 6.17 Å². The Hall–Kier alpha value is -0.390. The normalized spacial score (nSPS) is 18.6. The molecule has 0 bridgehead atoms. The van der Waals surface area contributed by atoms with Gasteiger partial charge in [-0.15, -0.1) is 0 Å². The van der Waals surface area contributed by atoms with Gasteiger partial charge in [0, 0.05) is 12.0 Å². The van der Waals surface area contributed by atoms with Crippen LogP contribution in [-0.2, 0) is 0 Å². The maximum absolute atomic E-state index is 13.1. The second kappa shape index (κ2) is 6.25. The van der Waals surface area contributed by atoms with Gasteiger partial charge in [-0.1, -0.05) is 6.92 Å². The average molecular weight is 233 g/mol. The van der Waals surface area contributed by atoms with Crippen LogP contribution in [0.2, 0.25) is 0 Å². The van der Waals surface area contributed by atoms with E-state index < -0.39 is 37.5 Å². The van der Waals surface area contributed by atoms with Gasteiger partial charge in [0.15, 0.2) is 0 Å². The van der Waals surface area contributed by atoms with Crippen molar-refractivity contribution in [1.82, 2.24) is 5.32 Å². The van der Waals surface area contributed by atoms with E-state index in [9.17, 15) is 22.0 Å². The molecule has 0 aliphatic rings. The average Bonchev–Trinajstić information content (AvgIpc) is 2.12. The number of rotatable bonds is 6. The molecule has 6 heteroatoms. The minimum Gasteiger partial charge on any atom is -0.306 e. The minimum absolute atomic E-state index is 0.110. The maximum Gasteiger partial charge on any atom is 0.401 e. The van der Waals surface area contributed by atoms with Crippen molar-refractivity contribution >= 4 is 0 Å². The zero-order chi connectivity index (χ0) is 12.1. The van der Waals surface area contributed by atoms with Gasteiger partial charge in [-0.2, -0.15) is 13.2 Å². The molecule has 0 aliphatic heterocycles. The molecule has 1 N–H and O–H groups in total. The van der Waals surface area contributed by atoms with Gasteiger partial charge in [-0.05, 0) is 13.3 Å². The Balaban J connectivity index is 3.78. The summed E-state index contributed by atoms with van der Waals surface area (Å²) in [6.45, 7) is 0.891. The van der Waals surface area contributed by atoms with Crippen LogP contribution < -0.4 is 5.32 Å². The van der Waals surface area contributed by atoms with Gasteiger partial charge in [-0.3, -0.25) is 4.39 Å². The summed E-state index contributed by atoms with van der Waals surface area (Å²) in [6.07, 6.45) is -5.82. The third-order valence-corrected chi connectivity index (χ3v) is 2.09. The molecule has 0 saturated heterocycles. The Morgan fingerprint density at radius 3 is 2.13 bits per heavy atom. The molecule has 0 spiro atoms. The smallest absolute Gasteiger partial charge is 0.306 e. The Bertz CT molecular complexity index is 170. The molecule has 0 radical (unpaired) electrons. The van der Waals surface area contributed by atoms with Crippen molar-refractivity contribution in [3.05, 3.63) is 0 Å². The number of halogens is 5. The van der Waals surface area contributed by atoms with Crippen LogP contribution in [0.25, 0.3) is 0 Å². The number of nitrogens with one attached hydrogen (secondary N) is 1. The summed E-state index contributed by atoms with van der Waals surface area (Å²) < 4.78 is 60.4. The highest BCUT2D eigenvalue weighted by Crippen LogP contribution is 2.16. The van der Waals surface area contributed by atoms with Crippen molar-refractivity contribution in [3.8, 4) is 0 Å². The molecule has 0 fully saturated rings. The van der Waals surface area contributed by atoms with E-state index in [-0.39, 0.29) is 6.42 Å². The van der Waals surface area contributed by atoms with Crippen molar-refractivity contribution in [1.29, 1.82) is 0 Å². The summed E-state index contributed by atoms with van der Waals surface area (Å²) in [7, 11) is 0. The first-order valence-electron chi connectivity index (χ1n) is 4.76. The fourth-order valence-electron chi connectivity index (χ4n) is 1.04. The first-order chi connectivity index (χ1) is 6.76. The second-order valence-corrected chi connectivity index (χ2v) is 3.78. The molecule has 15 heavy (non-hydrogen) atoms. The number of alkyl halides is 5. The summed E-state index contributed by atoms with van der Waals surface area (Å²) in [6, 6.07) is -0.615. The van der Waals surface area contributed by atoms with Gasteiger partial charge in [0.2, 0.25) is 0 Å². The number of hydrogen-bond donors (Lipinski definition) is 1. The van der Waals surface area contributed by atoms with Crippen molar-refractivity contribution in [2.75, 3.05) is 13.2 Å². The van der Waals surface area contributed by atoms with Crippen LogP contribution in [0, 0.1) is 5.92 Å². The first kappa shape index (κ1) is 14.6. The molecule has 2 unspecified atom stereocenters. The quantitative estimate of drug-likeness (QED) is 0.695. The van der Waals surface area contributed by atoms with Gasteiger partial charge in [0.25, 0.3) is 0 Å². The Kier molecular flexibility index (Phi) is 6.09. The van der Waals surface area contributed by atoms with Crippen molar-refractivity contribution in [2.24, 2.45) is 5.92 Å². The molecule has 0 aromatic rings. The standard InChI is InChI=1S/C9H16F5N/c1-6(4-10)8(11)3-7(2)15-5-9(12,13)14/h6-8,15H,3-5H2,1-2H3/t6?,7?,8-/m1/s1. The van der Waals surface area contributed by atoms with E-state index in [1.165, 1.54) is 13.8 Å². The van der Waals surface area contributed by atoms with Crippen molar-refractivity contribution in [3.63, 3.8) is 0 Å². The Labute approximate surface area is 86.0 Å². The molecular formula is C9H16F5N. The van der Waals surface area contributed by atoms with Crippen molar-refractivity contribution in [2.45, 2.75) is 38.7 Å². The SMILES string of the molecule is CC(C[C@@H](F)C(C)CF)NCC(F)(F)F. The summed E-state index contributed by atoms with van der Waals surface area (Å²) in [4.78, 5) is 0. The lowest BCUT2D eigenvalue weighted by atomic mass is 10.0. The van der Waals surface area contributed by atoms with E-state index in [0.29, 0.717) is 0 Å². The van der Waals surface area contributed by atoms with E-state index in [2.05, 4.69) is 5.32 Å². The van der Waals surface area contributed by atoms with Crippen LogP contribution in [-0.4, -0.2) is 31.6 Å². The van der Waals surface area contributed by atoms with E-state index in [1.807, 2.05) is 0 Å². The topological polar surface area (TPSA) is 12.0 Å². The zero-order valence-electron chi connectivity index (χ0n) is 8.74. The highest BCUT2D eigenvalue weighted by atomic mass is 19.4. The Morgan fingerprint density at radius 2 is 1.73 bits per heavy atom. The largest absolute Gasteiger partial charge is 0.401 e. The maximum atomic E-state index is 13.1. The first-order valence-corrected chi connectivity index (χ1v) is 4.76. The van der Waals surface area contributed by atoms with Gasteiger partial charge >= 0.3 is 6.18 Å². The fraction of sp³-hybridized carbons (Fsp3) is 1.00. The molecule has 3 atom stereocenters. The van der Waals surface area contributed by atoms with E-state index in [0.717, 1.165) is 0 Å². The third kappa shape index (κ3) is 7.53. The Morgan fingerprint density at radius 1 is 1.20 bits per heavy atom. The lowest BCUT2D eigenvalue weighted by Crippen LogP contribution is -2.37. The lowest BCUT2D eigenvalue weighted by molar-refractivity contribution is -0.126. The molecule has 0 amide bonds. The number of hydrogen-bond acceptors (Lipinski definition) is 1. The van der Waals surface area contributed by atoms with Gasteiger partial charge in [-0.25, -0.2) is 4.39 Å².